The van der Waals surface area contributed by atoms with E-state index in [1.165, 1.54) is 50.6 Å². The van der Waals surface area contributed by atoms with Crippen molar-refractivity contribution in [3.05, 3.63) is 58.6 Å². The van der Waals surface area contributed by atoms with Gasteiger partial charge in [0.15, 0.2) is 11.5 Å². The van der Waals surface area contributed by atoms with E-state index in [0.29, 0.717) is 16.1 Å². The van der Waals surface area contributed by atoms with Crippen LogP contribution in [0.4, 0.5) is 0 Å². The van der Waals surface area contributed by atoms with Gasteiger partial charge in [0.25, 0.3) is 0 Å². The van der Waals surface area contributed by atoms with Crippen LogP contribution < -0.4 is 8.92 Å². The maximum Gasteiger partial charge on any atom is 0.339 e. The molecule has 0 unspecified atom stereocenters. The molecule has 0 aliphatic rings. The third-order valence-corrected chi connectivity index (χ3v) is 5.28. The summed E-state index contributed by atoms with van der Waals surface area (Å²) in [6.45, 7) is 1.59. The summed E-state index contributed by atoms with van der Waals surface area (Å²) in [4.78, 5) is 11.1. The fraction of sp³-hybridized carbons (Fsp3) is 0.167. The van der Waals surface area contributed by atoms with Crippen molar-refractivity contribution in [3.63, 3.8) is 0 Å². The Kier molecular flexibility index (Phi) is 6.28. The van der Waals surface area contributed by atoms with E-state index >= 15 is 0 Å². The van der Waals surface area contributed by atoms with Crippen molar-refractivity contribution in [2.75, 3.05) is 14.2 Å². The fourth-order valence-electron chi connectivity index (χ4n) is 2.11. The highest BCUT2D eigenvalue weighted by atomic mass is 35.5. The minimum absolute atomic E-state index is 0.0158. The fourth-order valence-corrected chi connectivity index (χ4v) is 3.54. The first-order chi connectivity index (χ1) is 12.3. The number of esters is 1. The van der Waals surface area contributed by atoms with Crippen molar-refractivity contribution >= 4 is 33.8 Å². The predicted octanol–water partition coefficient (Wildman–Crippen LogP) is 3.61. The van der Waals surface area contributed by atoms with Gasteiger partial charge in [-0.15, -0.1) is 0 Å². The largest absolute Gasteiger partial charge is 0.493 e. The van der Waals surface area contributed by atoms with Crippen molar-refractivity contribution in [2.45, 2.75) is 11.8 Å². The summed E-state index contributed by atoms with van der Waals surface area (Å²) in [7, 11) is -1.45. The first kappa shape index (κ1) is 19.8. The van der Waals surface area contributed by atoms with Crippen LogP contribution in [0.25, 0.3) is 6.08 Å². The van der Waals surface area contributed by atoms with Gasteiger partial charge < -0.3 is 13.7 Å². The summed E-state index contributed by atoms with van der Waals surface area (Å²) in [5.74, 6) is -0.300. The molecule has 0 aliphatic carbocycles. The Bertz CT molecular complexity index is 950. The molecular weight excluding hydrogens is 380 g/mol. The summed E-state index contributed by atoms with van der Waals surface area (Å²) in [6.07, 6.45) is 2.75. The van der Waals surface area contributed by atoms with Gasteiger partial charge in [0.05, 0.1) is 14.2 Å². The average molecular weight is 397 g/mol. The molecule has 0 radical (unpaired) electrons. The molecule has 0 bridgehead atoms. The zero-order chi connectivity index (χ0) is 19.3. The Morgan fingerprint density at radius 1 is 1.12 bits per heavy atom. The lowest BCUT2D eigenvalue weighted by molar-refractivity contribution is -0.134. The lowest BCUT2D eigenvalue weighted by Crippen LogP contribution is -2.12. The summed E-state index contributed by atoms with van der Waals surface area (Å²) < 4.78 is 40.1. The van der Waals surface area contributed by atoms with Crippen LogP contribution in [0.3, 0.4) is 0 Å². The average Bonchev–Trinajstić information content (AvgIpc) is 2.62. The number of hydrogen-bond donors (Lipinski definition) is 0. The van der Waals surface area contributed by atoms with Crippen LogP contribution in [0.5, 0.6) is 11.5 Å². The smallest absolute Gasteiger partial charge is 0.339 e. The van der Waals surface area contributed by atoms with E-state index < -0.39 is 16.1 Å². The number of halogens is 1. The molecule has 0 aliphatic heterocycles. The molecule has 0 fully saturated rings. The predicted molar refractivity (Wildman–Crippen MR) is 98.0 cm³/mol. The van der Waals surface area contributed by atoms with Gasteiger partial charge in [-0.3, -0.25) is 0 Å². The Morgan fingerprint density at radius 2 is 1.85 bits per heavy atom. The molecule has 2 aromatic rings. The van der Waals surface area contributed by atoms with Gasteiger partial charge >= 0.3 is 16.1 Å². The standard InChI is InChI=1S/C18H17ClO6S/c1-12-14(19)5-4-6-17(12)26(21,22)25-15-9-7-13(11-16(15)23-2)8-10-18(20)24-3/h4-11H,1-3H3/b10-8+. The molecule has 8 heteroatoms. The number of carbonyl (C=O) groups is 1. The molecule has 0 saturated carbocycles. The third kappa shape index (κ3) is 4.56. The molecule has 0 amide bonds. The summed E-state index contributed by atoms with van der Waals surface area (Å²) in [5.41, 5.74) is 1.00. The van der Waals surface area contributed by atoms with Crippen LogP contribution in [0.2, 0.25) is 5.02 Å². The number of benzene rings is 2. The summed E-state index contributed by atoms with van der Waals surface area (Å²) in [6, 6.07) is 9.10. The van der Waals surface area contributed by atoms with E-state index in [2.05, 4.69) is 4.74 Å². The number of ether oxygens (including phenoxy) is 2. The van der Waals surface area contributed by atoms with Crippen LogP contribution >= 0.6 is 11.6 Å². The number of methoxy groups -OCH3 is 2. The highest BCUT2D eigenvalue weighted by molar-refractivity contribution is 7.87. The van der Waals surface area contributed by atoms with Gasteiger partial charge in [-0.2, -0.15) is 8.42 Å². The molecule has 0 saturated heterocycles. The van der Waals surface area contributed by atoms with E-state index in [1.54, 1.807) is 19.1 Å². The molecule has 0 aromatic heterocycles. The maximum absolute atomic E-state index is 12.6. The second-order valence-corrected chi connectivity index (χ2v) is 7.09. The van der Waals surface area contributed by atoms with Crippen LogP contribution in [-0.2, 0) is 19.6 Å². The zero-order valence-corrected chi connectivity index (χ0v) is 15.9. The Labute approximate surface area is 157 Å². The van der Waals surface area contributed by atoms with Crippen LogP contribution in [0.1, 0.15) is 11.1 Å². The summed E-state index contributed by atoms with van der Waals surface area (Å²) >= 11 is 5.98. The SMILES string of the molecule is COC(=O)/C=C/c1ccc(OS(=O)(=O)c2cccc(Cl)c2C)c(OC)c1. The molecule has 0 heterocycles. The van der Waals surface area contributed by atoms with E-state index in [4.69, 9.17) is 20.5 Å². The first-order valence-electron chi connectivity index (χ1n) is 7.42. The first-order valence-corrected chi connectivity index (χ1v) is 9.21. The quantitative estimate of drug-likeness (QED) is 0.421. The lowest BCUT2D eigenvalue weighted by Gasteiger charge is -2.13. The van der Waals surface area contributed by atoms with Crippen molar-refractivity contribution in [2.24, 2.45) is 0 Å². The van der Waals surface area contributed by atoms with Crippen LogP contribution in [-0.4, -0.2) is 28.6 Å². The molecule has 138 valence electrons. The Balaban J connectivity index is 2.35. The minimum Gasteiger partial charge on any atom is -0.493 e. The van der Waals surface area contributed by atoms with E-state index in [9.17, 15) is 13.2 Å². The topological polar surface area (TPSA) is 78.9 Å². The second kappa shape index (κ2) is 8.25. The molecule has 26 heavy (non-hydrogen) atoms. The third-order valence-electron chi connectivity index (χ3n) is 3.49. The monoisotopic (exact) mass is 396 g/mol. The van der Waals surface area contributed by atoms with Gasteiger partial charge in [0.2, 0.25) is 0 Å². The maximum atomic E-state index is 12.6. The van der Waals surface area contributed by atoms with Gasteiger partial charge in [-0.1, -0.05) is 23.7 Å². The molecular formula is C18H17ClO6S. The van der Waals surface area contributed by atoms with Gasteiger partial charge in [0.1, 0.15) is 4.90 Å². The van der Waals surface area contributed by atoms with Crippen LogP contribution in [0, 0.1) is 6.92 Å². The van der Waals surface area contributed by atoms with Gasteiger partial charge in [-0.05, 0) is 48.4 Å². The Hall–Kier alpha value is -2.51. The van der Waals surface area contributed by atoms with E-state index in [0.717, 1.165) is 0 Å². The van der Waals surface area contributed by atoms with Crippen LogP contribution in [0.15, 0.2) is 47.4 Å². The second-order valence-electron chi connectivity index (χ2n) is 5.17. The normalized spacial score (nSPS) is 11.4. The highest BCUT2D eigenvalue weighted by Gasteiger charge is 2.22. The molecule has 0 N–H and O–H groups in total. The number of rotatable bonds is 6. The van der Waals surface area contributed by atoms with Crippen molar-refractivity contribution in [1.29, 1.82) is 0 Å². The molecule has 2 aromatic carbocycles. The zero-order valence-electron chi connectivity index (χ0n) is 14.4. The Morgan fingerprint density at radius 3 is 2.50 bits per heavy atom. The number of hydrogen-bond acceptors (Lipinski definition) is 6. The van der Waals surface area contributed by atoms with Gasteiger partial charge in [-0.25, -0.2) is 4.79 Å². The summed E-state index contributed by atoms with van der Waals surface area (Å²) in [5, 5.41) is 0.324. The van der Waals surface area contributed by atoms with Crippen molar-refractivity contribution in [3.8, 4) is 11.5 Å². The van der Waals surface area contributed by atoms with E-state index in [-0.39, 0.29) is 16.4 Å². The minimum atomic E-state index is -4.10. The van der Waals surface area contributed by atoms with Gasteiger partial charge in [0, 0.05) is 11.1 Å². The molecule has 2 rings (SSSR count). The number of carbonyl (C=O) groups excluding carboxylic acids is 1. The highest BCUT2D eigenvalue weighted by Crippen LogP contribution is 2.32. The van der Waals surface area contributed by atoms with Crippen molar-refractivity contribution in [1.82, 2.24) is 0 Å². The molecule has 0 atom stereocenters. The molecule has 6 nitrogen and oxygen atoms in total. The molecule has 0 spiro atoms. The van der Waals surface area contributed by atoms with Crippen molar-refractivity contribution < 1.29 is 26.9 Å². The lowest BCUT2D eigenvalue weighted by atomic mass is 10.2. The van der Waals surface area contributed by atoms with E-state index in [1.807, 2.05) is 0 Å².